The molecule has 2 N–H and O–H groups in total. The molecule has 0 saturated carbocycles. The van der Waals surface area contributed by atoms with Crippen LogP contribution in [0.25, 0.3) is 0 Å². The van der Waals surface area contributed by atoms with E-state index < -0.39 is 28.2 Å². The molecule has 1 heterocycles. The lowest BCUT2D eigenvalue weighted by molar-refractivity contribution is 0.580. The first-order valence-corrected chi connectivity index (χ1v) is 10.5. The summed E-state index contributed by atoms with van der Waals surface area (Å²) in [6.45, 7) is 2.56. The number of aromatic nitrogens is 2. The van der Waals surface area contributed by atoms with Crippen LogP contribution in [0.2, 0.25) is 10.0 Å². The summed E-state index contributed by atoms with van der Waals surface area (Å²) in [4.78, 5) is 8.25. The van der Waals surface area contributed by atoms with Crippen LogP contribution in [0.4, 0.5) is 20.4 Å². The molecule has 0 radical (unpaired) electrons. The Labute approximate surface area is 184 Å². The van der Waals surface area contributed by atoms with Gasteiger partial charge in [-0.1, -0.05) is 35.0 Å². The maximum absolute atomic E-state index is 14.8. The molecule has 0 spiro atoms. The lowest BCUT2D eigenvalue weighted by Gasteiger charge is -2.10. The van der Waals surface area contributed by atoms with Gasteiger partial charge in [-0.2, -0.15) is 0 Å². The van der Waals surface area contributed by atoms with E-state index in [0.717, 1.165) is 12.1 Å². The molecule has 30 heavy (non-hydrogen) atoms. The molecule has 0 saturated heterocycles. The molecule has 5 nitrogen and oxygen atoms in total. The van der Waals surface area contributed by atoms with E-state index in [-0.39, 0.29) is 15.6 Å². The van der Waals surface area contributed by atoms with Gasteiger partial charge in [-0.05, 0) is 37.3 Å². The number of anilines is 2. The third-order valence-electron chi connectivity index (χ3n) is 3.71. The average molecular weight is 467 g/mol. The Hall–Kier alpha value is -2.73. The summed E-state index contributed by atoms with van der Waals surface area (Å²) >= 11 is 11.9. The fraction of sp³-hybridized carbons (Fsp3) is 0.100. The minimum atomic E-state index is -1.93. The van der Waals surface area contributed by atoms with Gasteiger partial charge in [-0.15, -0.1) is 0 Å². The largest absolute Gasteiger partial charge is 0.355 e. The van der Waals surface area contributed by atoms with Crippen LogP contribution in [-0.4, -0.2) is 20.7 Å². The Morgan fingerprint density at radius 2 is 1.83 bits per heavy atom. The Bertz CT molecular complexity index is 1160. The number of rotatable bonds is 5. The summed E-state index contributed by atoms with van der Waals surface area (Å²) in [5.74, 6) is 3.63. The number of hydrogen-bond acceptors (Lipinski definition) is 4. The lowest BCUT2D eigenvalue weighted by atomic mass is 10.1. The first-order chi connectivity index (χ1) is 14.4. The number of nitrogens with one attached hydrogen (secondary N) is 2. The smallest absolute Gasteiger partial charge is 0.222 e. The monoisotopic (exact) mass is 466 g/mol. The van der Waals surface area contributed by atoms with E-state index in [1.807, 2.05) is 6.92 Å². The summed E-state index contributed by atoms with van der Waals surface area (Å²) in [6.07, 6.45) is 2.87. The van der Waals surface area contributed by atoms with Crippen LogP contribution in [0.3, 0.4) is 0 Å². The molecule has 1 atom stereocenters. The second kappa shape index (κ2) is 9.85. The van der Waals surface area contributed by atoms with Crippen molar-refractivity contribution in [2.45, 2.75) is 11.8 Å². The van der Waals surface area contributed by atoms with Gasteiger partial charge in [0.2, 0.25) is 5.95 Å². The van der Waals surface area contributed by atoms with Crippen LogP contribution in [0.1, 0.15) is 18.1 Å². The van der Waals surface area contributed by atoms with Gasteiger partial charge in [-0.3, -0.25) is 4.72 Å². The second-order valence-electron chi connectivity index (χ2n) is 5.81. The lowest BCUT2D eigenvalue weighted by Crippen LogP contribution is -2.08. The van der Waals surface area contributed by atoms with E-state index in [1.54, 1.807) is 0 Å². The highest BCUT2D eigenvalue weighted by molar-refractivity contribution is 7.86. The van der Waals surface area contributed by atoms with Crippen molar-refractivity contribution in [2.24, 2.45) is 0 Å². The molecule has 154 valence electrons. The molecule has 0 aliphatic heterocycles. The van der Waals surface area contributed by atoms with Crippen LogP contribution >= 0.6 is 23.2 Å². The molecule has 1 unspecified atom stereocenters. The topological polar surface area (TPSA) is 66.9 Å². The van der Waals surface area contributed by atoms with Crippen LogP contribution in [0.5, 0.6) is 0 Å². The van der Waals surface area contributed by atoms with Crippen molar-refractivity contribution in [1.29, 1.82) is 0 Å². The standard InChI is InChI=1S/C20H14Cl2F2N4OS/c1-2-25-20-26-10-12(11-27-20)3-5-14-16(23)7-8-17(19(14)24)28-30(29)18-9-13(21)4-6-15(18)22/h4,6-11,28H,2H2,1H3,(H,25,26,27). The highest BCUT2D eigenvalue weighted by Gasteiger charge is 2.16. The highest BCUT2D eigenvalue weighted by atomic mass is 35.5. The molecular weight excluding hydrogens is 453 g/mol. The molecule has 0 fully saturated rings. The van der Waals surface area contributed by atoms with Gasteiger partial charge >= 0.3 is 0 Å². The number of hydrogen-bond donors (Lipinski definition) is 2. The zero-order chi connectivity index (χ0) is 21.7. The molecule has 0 amide bonds. The molecular formula is C20H14Cl2F2N4OS. The Kier molecular flexibility index (Phi) is 7.21. The van der Waals surface area contributed by atoms with Crippen molar-refractivity contribution in [3.63, 3.8) is 0 Å². The quantitative estimate of drug-likeness (QED) is 0.517. The molecule has 0 aliphatic carbocycles. The van der Waals surface area contributed by atoms with Crippen molar-refractivity contribution >= 4 is 45.8 Å². The van der Waals surface area contributed by atoms with Crippen molar-refractivity contribution < 1.29 is 13.0 Å². The maximum Gasteiger partial charge on any atom is 0.222 e. The molecule has 1 aromatic heterocycles. The number of nitrogens with zero attached hydrogens (tertiary/aromatic N) is 2. The van der Waals surface area contributed by atoms with Crippen LogP contribution in [0, 0.1) is 23.5 Å². The fourth-order valence-electron chi connectivity index (χ4n) is 2.30. The molecule has 0 bridgehead atoms. The minimum absolute atomic E-state index is 0.165. The maximum atomic E-state index is 14.8. The molecule has 3 rings (SSSR count). The fourth-order valence-corrected chi connectivity index (χ4v) is 3.81. The summed E-state index contributed by atoms with van der Waals surface area (Å²) in [5, 5.41) is 3.43. The third kappa shape index (κ3) is 5.25. The van der Waals surface area contributed by atoms with Crippen molar-refractivity contribution in [3.8, 4) is 11.8 Å². The SMILES string of the molecule is CCNc1ncc(C#Cc2c(F)ccc(NS(=O)c3cc(Cl)ccc3Cl)c2F)cn1. The van der Waals surface area contributed by atoms with Gasteiger partial charge in [0.25, 0.3) is 0 Å². The zero-order valence-electron chi connectivity index (χ0n) is 15.5. The van der Waals surface area contributed by atoms with Crippen LogP contribution < -0.4 is 10.0 Å². The average Bonchev–Trinajstić information content (AvgIpc) is 2.73. The van der Waals surface area contributed by atoms with E-state index in [0.29, 0.717) is 23.1 Å². The predicted molar refractivity (Wildman–Crippen MR) is 115 cm³/mol. The molecule has 10 heteroatoms. The van der Waals surface area contributed by atoms with Gasteiger partial charge in [0.05, 0.1) is 26.7 Å². The first-order valence-electron chi connectivity index (χ1n) is 8.58. The van der Waals surface area contributed by atoms with Crippen molar-refractivity contribution in [2.75, 3.05) is 16.6 Å². The van der Waals surface area contributed by atoms with Crippen molar-refractivity contribution in [3.05, 3.63) is 75.5 Å². The molecule has 0 aliphatic rings. The van der Waals surface area contributed by atoms with Crippen molar-refractivity contribution in [1.82, 2.24) is 9.97 Å². The summed E-state index contributed by atoms with van der Waals surface area (Å²) in [6, 6.07) is 6.55. The number of benzene rings is 2. The van der Waals surface area contributed by atoms with E-state index in [9.17, 15) is 13.0 Å². The Morgan fingerprint density at radius 1 is 1.10 bits per heavy atom. The van der Waals surface area contributed by atoms with Crippen LogP contribution in [0.15, 0.2) is 47.6 Å². The number of halogens is 4. The van der Waals surface area contributed by atoms with Gasteiger partial charge < -0.3 is 5.32 Å². The minimum Gasteiger partial charge on any atom is -0.355 e. The Morgan fingerprint density at radius 3 is 2.53 bits per heavy atom. The van der Waals surface area contributed by atoms with Gasteiger partial charge in [0, 0.05) is 24.0 Å². The van der Waals surface area contributed by atoms with E-state index in [2.05, 4.69) is 31.8 Å². The van der Waals surface area contributed by atoms with E-state index in [4.69, 9.17) is 23.2 Å². The summed E-state index contributed by atoms with van der Waals surface area (Å²) in [7, 11) is -1.93. The third-order valence-corrected chi connectivity index (χ3v) is 5.52. The van der Waals surface area contributed by atoms with Gasteiger partial charge in [0.15, 0.2) is 16.8 Å². The van der Waals surface area contributed by atoms with E-state index in [1.165, 1.54) is 30.6 Å². The summed E-state index contributed by atoms with van der Waals surface area (Å²) < 4.78 is 44.0. The predicted octanol–water partition coefficient (Wildman–Crippen LogP) is 5.03. The summed E-state index contributed by atoms with van der Waals surface area (Å²) in [5.41, 5.74) is -0.304. The van der Waals surface area contributed by atoms with E-state index >= 15 is 0 Å². The first kappa shape index (κ1) is 22.0. The second-order valence-corrected chi connectivity index (χ2v) is 7.83. The molecule has 2 aromatic carbocycles. The molecule has 3 aromatic rings. The Balaban J connectivity index is 1.87. The highest BCUT2D eigenvalue weighted by Crippen LogP contribution is 2.27. The van der Waals surface area contributed by atoms with Crippen LogP contribution in [-0.2, 0) is 11.0 Å². The van der Waals surface area contributed by atoms with Gasteiger partial charge in [-0.25, -0.2) is 23.0 Å². The zero-order valence-corrected chi connectivity index (χ0v) is 17.8. The van der Waals surface area contributed by atoms with Gasteiger partial charge in [0.1, 0.15) is 5.82 Å². The normalized spacial score (nSPS) is 11.4.